The maximum absolute atomic E-state index is 12.7. The summed E-state index contributed by atoms with van der Waals surface area (Å²) in [6.45, 7) is 1.13. The summed E-state index contributed by atoms with van der Waals surface area (Å²) in [4.78, 5) is 38.7. The fourth-order valence-electron chi connectivity index (χ4n) is 4.04. The molecule has 2 aromatic carbocycles. The fourth-order valence-corrected chi connectivity index (χ4v) is 4.04. The second-order valence-corrected chi connectivity index (χ2v) is 7.44. The molecule has 2 aromatic rings. The number of likely N-dealkylation sites (tertiary alicyclic amines) is 2. The molecule has 6 heteroatoms. The normalized spacial score (nSPS) is 21.9. The zero-order chi connectivity index (χ0) is 19.7. The molecule has 144 valence electrons. The van der Waals surface area contributed by atoms with Crippen molar-refractivity contribution >= 4 is 17.8 Å². The van der Waals surface area contributed by atoms with Gasteiger partial charge in [-0.15, -0.1) is 0 Å². The minimum absolute atomic E-state index is 0.0271. The lowest BCUT2D eigenvalue weighted by Gasteiger charge is -2.42. The number of piperidine rings is 1. The van der Waals surface area contributed by atoms with Crippen LogP contribution in [0.2, 0.25) is 0 Å². The third-order valence-electron chi connectivity index (χ3n) is 5.66. The second-order valence-electron chi connectivity index (χ2n) is 7.44. The van der Waals surface area contributed by atoms with Gasteiger partial charge in [-0.05, 0) is 29.5 Å². The number of carbonyl (C=O) groups excluding carboxylic acids is 3. The number of rotatable bonds is 3. The van der Waals surface area contributed by atoms with Crippen molar-refractivity contribution in [3.63, 3.8) is 0 Å². The van der Waals surface area contributed by atoms with Crippen LogP contribution in [0.25, 0.3) is 11.1 Å². The zero-order valence-electron chi connectivity index (χ0n) is 15.6. The number of nitrogens with two attached hydrogens (primary N) is 1. The number of benzene rings is 2. The van der Waals surface area contributed by atoms with E-state index in [1.54, 1.807) is 4.90 Å². The summed E-state index contributed by atoms with van der Waals surface area (Å²) < 4.78 is 0. The van der Waals surface area contributed by atoms with Gasteiger partial charge in [0.2, 0.25) is 11.8 Å². The number of urea groups is 1. The molecular weight excluding hydrogens is 354 g/mol. The highest BCUT2D eigenvalue weighted by molar-refractivity contribution is 6.07. The predicted molar refractivity (Wildman–Crippen MR) is 105 cm³/mol. The van der Waals surface area contributed by atoms with Crippen LogP contribution in [0.3, 0.4) is 0 Å². The molecule has 4 amide bonds. The molecule has 28 heavy (non-hydrogen) atoms. The Balaban J connectivity index is 1.46. The van der Waals surface area contributed by atoms with E-state index in [9.17, 15) is 14.4 Å². The first-order valence-corrected chi connectivity index (χ1v) is 9.60. The third-order valence-corrected chi connectivity index (χ3v) is 5.66. The number of β-lactam (4-membered cyclic amide) rings is 1. The van der Waals surface area contributed by atoms with Gasteiger partial charge < -0.3 is 10.6 Å². The van der Waals surface area contributed by atoms with Crippen molar-refractivity contribution in [1.29, 1.82) is 0 Å². The molecule has 0 aromatic heterocycles. The van der Waals surface area contributed by atoms with Crippen LogP contribution in [0.15, 0.2) is 54.6 Å². The van der Waals surface area contributed by atoms with Crippen LogP contribution in [0.1, 0.15) is 30.7 Å². The minimum atomic E-state index is -0.800. The van der Waals surface area contributed by atoms with Gasteiger partial charge in [0, 0.05) is 19.0 Å². The number of carbonyl (C=O) groups is 3. The summed E-state index contributed by atoms with van der Waals surface area (Å²) in [5.41, 5.74) is 8.80. The first kappa shape index (κ1) is 18.2. The first-order valence-electron chi connectivity index (χ1n) is 9.60. The van der Waals surface area contributed by atoms with Crippen molar-refractivity contribution in [2.75, 3.05) is 13.1 Å². The van der Waals surface area contributed by atoms with Crippen molar-refractivity contribution < 1.29 is 14.4 Å². The average molecular weight is 377 g/mol. The number of primary amides is 1. The average Bonchev–Trinajstić information content (AvgIpc) is 2.72. The summed E-state index contributed by atoms with van der Waals surface area (Å²) in [6, 6.07) is 17.4. The van der Waals surface area contributed by atoms with Crippen molar-refractivity contribution in [2.24, 2.45) is 5.73 Å². The van der Waals surface area contributed by atoms with E-state index < -0.39 is 18.0 Å². The Hall–Kier alpha value is -3.15. The van der Waals surface area contributed by atoms with E-state index in [0.29, 0.717) is 13.1 Å². The van der Waals surface area contributed by atoms with Gasteiger partial charge in [-0.3, -0.25) is 14.5 Å². The lowest BCUT2D eigenvalue weighted by Crippen LogP contribution is -2.64. The van der Waals surface area contributed by atoms with Crippen molar-refractivity contribution in [3.05, 3.63) is 60.2 Å². The van der Waals surface area contributed by atoms with E-state index in [0.717, 1.165) is 23.3 Å². The molecule has 0 saturated carbocycles. The Kier molecular flexibility index (Phi) is 4.86. The number of hydrogen-bond donors (Lipinski definition) is 1. The third kappa shape index (κ3) is 3.38. The molecule has 2 fully saturated rings. The molecule has 2 aliphatic heterocycles. The van der Waals surface area contributed by atoms with Crippen molar-refractivity contribution in [3.8, 4) is 11.1 Å². The standard InChI is InChI=1S/C22H23N3O3/c23-21(27)19-13-20(26)25(19)22(28)24-12-4-7-18(14-24)17-10-8-16(9-11-17)15-5-2-1-3-6-15/h1-3,5-6,8-11,18-19H,4,7,12-14H2,(H2,23,27). The van der Waals surface area contributed by atoms with Crippen LogP contribution in [-0.2, 0) is 9.59 Å². The second kappa shape index (κ2) is 7.46. The number of amides is 4. The van der Waals surface area contributed by atoms with E-state index in [1.165, 1.54) is 11.1 Å². The van der Waals surface area contributed by atoms with Crippen LogP contribution >= 0.6 is 0 Å². The molecule has 2 saturated heterocycles. The van der Waals surface area contributed by atoms with E-state index in [4.69, 9.17) is 5.73 Å². The van der Waals surface area contributed by atoms with E-state index in [1.807, 2.05) is 18.2 Å². The largest absolute Gasteiger partial charge is 0.368 e. The highest BCUT2D eigenvalue weighted by Gasteiger charge is 2.46. The highest BCUT2D eigenvalue weighted by atomic mass is 16.2. The number of nitrogens with zero attached hydrogens (tertiary/aromatic N) is 2. The molecule has 0 aliphatic carbocycles. The lowest BCUT2D eigenvalue weighted by molar-refractivity contribution is -0.148. The van der Waals surface area contributed by atoms with Crippen LogP contribution in [-0.4, -0.2) is 46.8 Å². The van der Waals surface area contributed by atoms with Gasteiger partial charge in [-0.25, -0.2) is 4.79 Å². The van der Waals surface area contributed by atoms with Gasteiger partial charge in [0.05, 0.1) is 6.42 Å². The maximum atomic E-state index is 12.7. The molecular formula is C22H23N3O3. The van der Waals surface area contributed by atoms with Gasteiger partial charge in [0.25, 0.3) is 0 Å². The van der Waals surface area contributed by atoms with Crippen LogP contribution in [0.4, 0.5) is 4.79 Å². The van der Waals surface area contributed by atoms with Gasteiger partial charge in [-0.2, -0.15) is 0 Å². The lowest BCUT2D eigenvalue weighted by atomic mass is 9.89. The first-order chi connectivity index (χ1) is 13.5. The van der Waals surface area contributed by atoms with Crippen molar-refractivity contribution in [1.82, 2.24) is 9.80 Å². The molecule has 4 rings (SSSR count). The monoisotopic (exact) mass is 377 g/mol. The summed E-state index contributed by atoms with van der Waals surface area (Å²) >= 11 is 0. The Morgan fingerprint density at radius 2 is 1.64 bits per heavy atom. The quantitative estimate of drug-likeness (QED) is 0.835. The number of hydrogen-bond acceptors (Lipinski definition) is 3. The number of imide groups is 1. The smallest absolute Gasteiger partial charge is 0.327 e. The molecule has 0 spiro atoms. The Labute approximate surface area is 163 Å². The Morgan fingerprint density at radius 1 is 0.964 bits per heavy atom. The maximum Gasteiger partial charge on any atom is 0.327 e. The fraction of sp³-hybridized carbons (Fsp3) is 0.318. The van der Waals surface area contributed by atoms with E-state index in [2.05, 4.69) is 36.4 Å². The molecule has 2 unspecified atom stereocenters. The SMILES string of the molecule is NC(=O)C1CC(=O)N1C(=O)N1CCCC(c2ccc(-c3ccccc3)cc2)C1. The van der Waals surface area contributed by atoms with Crippen LogP contribution in [0, 0.1) is 0 Å². The van der Waals surface area contributed by atoms with Crippen molar-refractivity contribution in [2.45, 2.75) is 31.2 Å². The topological polar surface area (TPSA) is 83.7 Å². The Bertz CT molecular complexity index is 895. The van der Waals surface area contributed by atoms with Gasteiger partial charge in [0.15, 0.2) is 0 Å². The van der Waals surface area contributed by atoms with E-state index >= 15 is 0 Å². The van der Waals surface area contributed by atoms with Crippen LogP contribution in [0.5, 0.6) is 0 Å². The molecule has 0 radical (unpaired) electrons. The summed E-state index contributed by atoms with van der Waals surface area (Å²) in [7, 11) is 0. The molecule has 2 aliphatic rings. The van der Waals surface area contributed by atoms with Gasteiger partial charge in [0.1, 0.15) is 6.04 Å². The highest BCUT2D eigenvalue weighted by Crippen LogP contribution is 2.31. The molecule has 2 heterocycles. The molecule has 2 atom stereocenters. The van der Waals surface area contributed by atoms with Crippen LogP contribution < -0.4 is 5.73 Å². The predicted octanol–water partition coefficient (Wildman–Crippen LogP) is 2.74. The van der Waals surface area contributed by atoms with E-state index in [-0.39, 0.29) is 18.2 Å². The van der Waals surface area contributed by atoms with Gasteiger partial charge >= 0.3 is 6.03 Å². The Morgan fingerprint density at radius 3 is 2.29 bits per heavy atom. The summed E-state index contributed by atoms with van der Waals surface area (Å²) in [5, 5.41) is 0. The molecule has 2 N–H and O–H groups in total. The van der Waals surface area contributed by atoms with Gasteiger partial charge in [-0.1, -0.05) is 54.6 Å². The molecule has 6 nitrogen and oxygen atoms in total. The summed E-state index contributed by atoms with van der Waals surface area (Å²) in [5.74, 6) is -0.743. The molecule has 0 bridgehead atoms. The summed E-state index contributed by atoms with van der Waals surface area (Å²) in [6.07, 6.45) is 1.88. The zero-order valence-corrected chi connectivity index (χ0v) is 15.6. The minimum Gasteiger partial charge on any atom is -0.368 e.